The Balaban J connectivity index is 0.000000212. The third-order valence-electron chi connectivity index (χ3n) is 4.58. The lowest BCUT2D eigenvalue weighted by Gasteiger charge is -2.12. The Morgan fingerprint density at radius 2 is 1.24 bits per heavy atom. The number of nitro benzene ring substituents is 1. The fourth-order valence-electron chi connectivity index (χ4n) is 2.92. The molecule has 4 rings (SSSR count). The Bertz CT molecular complexity index is 1430. The van der Waals surface area contributed by atoms with Gasteiger partial charge in [-0.1, -0.05) is 0 Å². The second kappa shape index (κ2) is 10.7. The topological polar surface area (TPSA) is 145 Å². The first-order chi connectivity index (χ1) is 17.6. The normalized spacial score (nSPS) is 11.5. The number of halogens is 6. The van der Waals surface area contributed by atoms with Crippen molar-refractivity contribution in [2.45, 2.75) is 26.2 Å². The number of nitro groups is 1. The molecule has 0 bridgehead atoms. The van der Waals surface area contributed by atoms with E-state index < -0.39 is 39.8 Å². The molecule has 4 aromatic rings. The molecule has 0 spiro atoms. The summed E-state index contributed by atoms with van der Waals surface area (Å²) in [6.07, 6.45) is -9.30. The first-order valence-corrected chi connectivity index (χ1v) is 10.4. The molecule has 16 heteroatoms. The summed E-state index contributed by atoms with van der Waals surface area (Å²) in [6.45, 7) is 3.37. The van der Waals surface area contributed by atoms with Gasteiger partial charge in [-0.2, -0.15) is 26.3 Å². The van der Waals surface area contributed by atoms with Gasteiger partial charge in [0.2, 0.25) is 11.8 Å². The van der Waals surface area contributed by atoms with Crippen LogP contribution in [0.1, 0.15) is 22.5 Å². The van der Waals surface area contributed by atoms with Crippen LogP contribution in [0.25, 0.3) is 0 Å². The number of alkyl halides is 6. The van der Waals surface area contributed by atoms with Crippen LogP contribution < -0.4 is 15.2 Å². The number of H-pyrrole nitrogens is 2. The Kier molecular flexibility index (Phi) is 7.83. The number of hydrogen-bond acceptors (Lipinski definition) is 7. The van der Waals surface area contributed by atoms with Crippen LogP contribution >= 0.6 is 0 Å². The molecule has 10 nitrogen and oxygen atoms in total. The van der Waals surface area contributed by atoms with Gasteiger partial charge in [-0.05, 0) is 38.1 Å². The monoisotopic (exact) mass is 544 g/mol. The number of aromatic nitrogens is 4. The van der Waals surface area contributed by atoms with E-state index in [1.165, 1.54) is 24.3 Å². The van der Waals surface area contributed by atoms with Crippen LogP contribution in [0.2, 0.25) is 0 Å². The molecule has 202 valence electrons. The minimum absolute atomic E-state index is 0.0212. The second-order valence-electron chi connectivity index (χ2n) is 7.67. The van der Waals surface area contributed by atoms with Crippen LogP contribution in [0.5, 0.6) is 23.3 Å². The van der Waals surface area contributed by atoms with Gasteiger partial charge in [0.25, 0.3) is 5.69 Å². The van der Waals surface area contributed by atoms with E-state index in [0.29, 0.717) is 17.5 Å². The van der Waals surface area contributed by atoms with Gasteiger partial charge in [0.1, 0.15) is 22.6 Å². The van der Waals surface area contributed by atoms with Gasteiger partial charge in [-0.25, -0.2) is 0 Å². The van der Waals surface area contributed by atoms with Gasteiger partial charge >= 0.3 is 12.4 Å². The average Bonchev–Trinajstić information content (AvgIpc) is 3.41. The predicted molar refractivity (Wildman–Crippen MR) is 121 cm³/mol. The molecule has 2 aromatic carbocycles. The highest BCUT2D eigenvalue weighted by atomic mass is 19.4. The first kappa shape index (κ1) is 27.8. The summed E-state index contributed by atoms with van der Waals surface area (Å²) in [5, 5.41) is 23.0. The van der Waals surface area contributed by atoms with Crippen molar-refractivity contribution in [2.24, 2.45) is 0 Å². The van der Waals surface area contributed by atoms with Crippen molar-refractivity contribution >= 4 is 11.4 Å². The number of hydrogen-bond donors (Lipinski definition) is 3. The molecule has 38 heavy (non-hydrogen) atoms. The Morgan fingerprint density at radius 3 is 1.63 bits per heavy atom. The predicted octanol–water partition coefficient (Wildman–Crippen LogP) is 6.55. The van der Waals surface area contributed by atoms with Gasteiger partial charge in [-0.3, -0.25) is 20.3 Å². The molecule has 0 atom stereocenters. The summed E-state index contributed by atoms with van der Waals surface area (Å²) in [5.74, 6) is -0.859. The summed E-state index contributed by atoms with van der Waals surface area (Å²) >= 11 is 0. The molecule has 2 aromatic heterocycles. The third kappa shape index (κ3) is 7.14. The number of nitrogen functional groups attached to an aromatic ring is 1. The van der Waals surface area contributed by atoms with Gasteiger partial charge in [-0.15, -0.1) is 10.2 Å². The van der Waals surface area contributed by atoms with Gasteiger partial charge in [0.15, 0.2) is 0 Å². The average molecular weight is 544 g/mol. The van der Waals surface area contributed by atoms with Crippen molar-refractivity contribution in [1.29, 1.82) is 0 Å². The van der Waals surface area contributed by atoms with E-state index in [-0.39, 0.29) is 23.2 Å². The molecule has 0 fully saturated rings. The fraction of sp³-hybridized carbons (Fsp3) is 0.182. The third-order valence-corrected chi connectivity index (χ3v) is 4.58. The molecule has 0 aliphatic rings. The maximum absolute atomic E-state index is 12.9. The van der Waals surface area contributed by atoms with E-state index >= 15 is 0 Å². The maximum Gasteiger partial charge on any atom is 0.420 e. The van der Waals surface area contributed by atoms with Gasteiger partial charge < -0.3 is 15.2 Å². The van der Waals surface area contributed by atoms with Crippen molar-refractivity contribution in [3.63, 3.8) is 0 Å². The Hall–Kier alpha value is -4.76. The summed E-state index contributed by atoms with van der Waals surface area (Å²) in [7, 11) is 0. The minimum atomic E-state index is -4.77. The van der Waals surface area contributed by atoms with Crippen LogP contribution in [-0.4, -0.2) is 25.3 Å². The number of benzene rings is 2. The number of anilines is 1. The fourth-order valence-corrected chi connectivity index (χ4v) is 2.92. The molecule has 0 radical (unpaired) electrons. The Labute approximate surface area is 209 Å². The lowest BCUT2D eigenvalue weighted by molar-refractivity contribution is -0.385. The lowest BCUT2D eigenvalue weighted by atomic mass is 10.1. The van der Waals surface area contributed by atoms with Gasteiger partial charge in [0, 0.05) is 41.3 Å². The molecule has 4 N–H and O–H groups in total. The molecule has 0 unspecified atom stereocenters. The zero-order valence-corrected chi connectivity index (χ0v) is 19.4. The summed E-state index contributed by atoms with van der Waals surface area (Å²) in [4.78, 5) is 9.63. The highest BCUT2D eigenvalue weighted by Crippen LogP contribution is 2.40. The van der Waals surface area contributed by atoms with Crippen LogP contribution in [0, 0.1) is 24.0 Å². The van der Waals surface area contributed by atoms with Crippen molar-refractivity contribution < 1.29 is 40.7 Å². The number of rotatable bonds is 5. The largest absolute Gasteiger partial charge is 0.437 e. The standard InChI is InChI=1S/C11H8F3N3O3.C11H10F3N3O/c1-6-4-10(16-15-6)20-9-3-2-7(17(18)19)5-8(9)11(12,13)14;1-6-4-10(17-16-6)18-9-3-2-7(15)5-8(9)11(12,13)14/h2-5H,1H3,(H,15,16);2-5H,15H2,1H3,(H,16,17). The number of aryl methyl sites for hydroxylation is 2. The molecule has 0 aliphatic carbocycles. The molecule has 0 amide bonds. The minimum Gasteiger partial charge on any atom is -0.437 e. The Morgan fingerprint density at radius 1 is 0.789 bits per heavy atom. The van der Waals surface area contributed by atoms with Gasteiger partial charge in [0.05, 0.1) is 4.92 Å². The van der Waals surface area contributed by atoms with Crippen LogP contribution in [0.15, 0.2) is 48.5 Å². The van der Waals surface area contributed by atoms with Crippen LogP contribution in [-0.2, 0) is 12.4 Å². The summed E-state index contributed by atoms with van der Waals surface area (Å²) in [5.41, 5.74) is 3.84. The molecule has 2 heterocycles. The zero-order chi connectivity index (χ0) is 28.3. The zero-order valence-electron chi connectivity index (χ0n) is 19.4. The molecule has 0 saturated carbocycles. The molecular weight excluding hydrogens is 526 g/mol. The number of aromatic amines is 2. The van der Waals surface area contributed by atoms with E-state index in [1.54, 1.807) is 13.8 Å². The lowest BCUT2D eigenvalue weighted by Crippen LogP contribution is -2.08. The number of nitrogens with one attached hydrogen (secondary N) is 2. The van der Waals surface area contributed by atoms with Crippen molar-refractivity contribution in [3.8, 4) is 23.3 Å². The van der Waals surface area contributed by atoms with Crippen LogP contribution in [0.3, 0.4) is 0 Å². The molecule has 0 saturated heterocycles. The SMILES string of the molecule is Cc1cc(Oc2ccc(N)cc2C(F)(F)F)n[nH]1.Cc1cc(Oc2ccc([N+](=O)[O-])cc2C(F)(F)F)n[nH]1. The number of nitrogens with zero attached hydrogens (tertiary/aromatic N) is 3. The number of ether oxygens (including phenoxy) is 2. The maximum atomic E-state index is 12.9. The van der Waals surface area contributed by atoms with E-state index in [2.05, 4.69) is 20.4 Å². The second-order valence-corrected chi connectivity index (χ2v) is 7.67. The van der Waals surface area contributed by atoms with Crippen molar-refractivity contribution in [1.82, 2.24) is 20.4 Å². The smallest absolute Gasteiger partial charge is 0.420 e. The summed E-state index contributed by atoms with van der Waals surface area (Å²) in [6, 6.07) is 8.49. The number of non-ortho nitro benzene ring substituents is 1. The van der Waals surface area contributed by atoms with Crippen molar-refractivity contribution in [3.05, 3.63) is 81.2 Å². The van der Waals surface area contributed by atoms with E-state index in [4.69, 9.17) is 15.2 Å². The molecule has 0 aliphatic heterocycles. The van der Waals surface area contributed by atoms with E-state index in [9.17, 15) is 36.5 Å². The first-order valence-electron chi connectivity index (χ1n) is 10.4. The van der Waals surface area contributed by atoms with E-state index in [0.717, 1.165) is 18.2 Å². The van der Waals surface area contributed by atoms with E-state index in [1.807, 2.05) is 0 Å². The highest BCUT2D eigenvalue weighted by Gasteiger charge is 2.37. The number of nitrogens with two attached hydrogens (primary N) is 1. The van der Waals surface area contributed by atoms with Crippen molar-refractivity contribution in [2.75, 3.05) is 5.73 Å². The van der Waals surface area contributed by atoms with Crippen LogP contribution in [0.4, 0.5) is 37.7 Å². The molecular formula is C22H18F6N6O4. The summed E-state index contributed by atoms with van der Waals surface area (Å²) < 4.78 is 87.0. The quantitative estimate of drug-likeness (QED) is 0.112. The highest BCUT2D eigenvalue weighted by molar-refractivity contribution is 5.50.